The summed E-state index contributed by atoms with van der Waals surface area (Å²) in [6.07, 6.45) is 1.50. The number of nitrogens with zero attached hydrogens (tertiary/aromatic N) is 2. The number of rotatable bonds is 4. The van der Waals surface area contributed by atoms with Gasteiger partial charge in [-0.05, 0) is 23.6 Å². The molecular formula is C16H15N3O4S2. The third-order valence-corrected chi connectivity index (χ3v) is 5.89. The van der Waals surface area contributed by atoms with Gasteiger partial charge in [-0.2, -0.15) is 5.10 Å². The predicted octanol–water partition coefficient (Wildman–Crippen LogP) is 2.72. The van der Waals surface area contributed by atoms with Crippen molar-refractivity contribution in [2.75, 3.05) is 17.9 Å². The van der Waals surface area contributed by atoms with Crippen LogP contribution >= 0.6 is 11.3 Å². The minimum absolute atomic E-state index is 0.132. The molecule has 0 aliphatic carbocycles. The van der Waals surface area contributed by atoms with Crippen molar-refractivity contribution in [1.82, 2.24) is 9.78 Å². The number of thiophene rings is 1. The maximum atomic E-state index is 12.9. The smallest absolute Gasteiger partial charge is 0.265 e. The maximum absolute atomic E-state index is 12.9. The summed E-state index contributed by atoms with van der Waals surface area (Å²) in [5.41, 5.74) is 0.841. The number of fused-ring (bicyclic) bond motifs is 1. The number of hydrogen-bond donors (Lipinski definition) is 1. The molecule has 7 nitrogen and oxygen atoms in total. The highest BCUT2D eigenvalue weighted by molar-refractivity contribution is 7.92. The van der Waals surface area contributed by atoms with Crippen molar-refractivity contribution in [3.05, 3.63) is 41.9 Å². The summed E-state index contributed by atoms with van der Waals surface area (Å²) in [6, 6.07) is 8.66. The fourth-order valence-electron chi connectivity index (χ4n) is 2.56. The summed E-state index contributed by atoms with van der Waals surface area (Å²) in [5, 5.41) is 6.18. The highest BCUT2D eigenvalue weighted by atomic mass is 32.2. The van der Waals surface area contributed by atoms with Gasteiger partial charge in [-0.3, -0.25) is 9.40 Å². The topological polar surface area (TPSA) is 82.5 Å². The van der Waals surface area contributed by atoms with Crippen LogP contribution in [-0.4, -0.2) is 31.4 Å². The molecule has 0 unspecified atom stereocenters. The highest BCUT2D eigenvalue weighted by Gasteiger charge is 2.24. The summed E-state index contributed by atoms with van der Waals surface area (Å²) in [4.78, 5) is 0.926. The average molecular weight is 377 g/mol. The van der Waals surface area contributed by atoms with Crippen molar-refractivity contribution < 1.29 is 17.9 Å². The van der Waals surface area contributed by atoms with Gasteiger partial charge in [-0.1, -0.05) is 6.07 Å². The standard InChI is InChI=1S/C16H15N3O4S2/c1-19-10-15(16(17-19)14-3-2-8-24-14)25(20,21)18-11-4-5-12-13(9-11)23-7-6-22-12/h2-5,8-10,18H,6-7H2,1H3. The molecule has 0 bridgehead atoms. The largest absolute Gasteiger partial charge is 0.486 e. The van der Waals surface area contributed by atoms with Gasteiger partial charge in [0.05, 0.1) is 10.6 Å². The number of sulfonamides is 1. The summed E-state index contributed by atoms with van der Waals surface area (Å²) in [5.74, 6) is 1.13. The molecule has 130 valence electrons. The van der Waals surface area contributed by atoms with E-state index in [1.165, 1.54) is 22.2 Å². The molecular weight excluding hydrogens is 362 g/mol. The van der Waals surface area contributed by atoms with Gasteiger partial charge in [0, 0.05) is 19.3 Å². The molecule has 1 aliphatic heterocycles. The van der Waals surface area contributed by atoms with Crippen molar-refractivity contribution in [2.45, 2.75) is 4.90 Å². The SMILES string of the molecule is Cn1cc(S(=O)(=O)Nc2ccc3c(c2)OCCO3)c(-c2cccs2)n1. The Labute approximate surface area is 148 Å². The summed E-state index contributed by atoms with van der Waals surface area (Å²) < 4.78 is 40.8. The van der Waals surface area contributed by atoms with E-state index in [-0.39, 0.29) is 4.90 Å². The lowest BCUT2D eigenvalue weighted by molar-refractivity contribution is 0.171. The van der Waals surface area contributed by atoms with Crippen molar-refractivity contribution in [2.24, 2.45) is 7.05 Å². The van der Waals surface area contributed by atoms with E-state index >= 15 is 0 Å². The molecule has 0 radical (unpaired) electrons. The summed E-state index contributed by atoms with van der Waals surface area (Å²) in [6.45, 7) is 0.923. The van der Waals surface area contributed by atoms with Crippen molar-refractivity contribution in [1.29, 1.82) is 0 Å². The lowest BCUT2D eigenvalue weighted by Gasteiger charge is -2.19. The zero-order valence-corrected chi connectivity index (χ0v) is 14.9. The second-order valence-corrected chi connectivity index (χ2v) is 8.06. The number of aromatic nitrogens is 2. The second kappa shape index (κ2) is 6.08. The second-order valence-electron chi connectivity index (χ2n) is 5.46. The molecule has 0 spiro atoms. The van der Waals surface area contributed by atoms with Gasteiger partial charge < -0.3 is 9.47 Å². The first-order chi connectivity index (χ1) is 12.0. The van der Waals surface area contributed by atoms with Crippen LogP contribution in [0.5, 0.6) is 11.5 Å². The minimum Gasteiger partial charge on any atom is -0.486 e. The van der Waals surface area contributed by atoms with Gasteiger partial charge in [0.25, 0.3) is 10.0 Å². The molecule has 1 N–H and O–H groups in total. The Hall–Kier alpha value is -2.52. The number of aryl methyl sites for hydroxylation is 1. The zero-order valence-electron chi connectivity index (χ0n) is 13.3. The van der Waals surface area contributed by atoms with Crippen molar-refractivity contribution in [3.63, 3.8) is 0 Å². The number of ether oxygens (including phenoxy) is 2. The fraction of sp³-hybridized carbons (Fsp3) is 0.188. The van der Waals surface area contributed by atoms with E-state index in [2.05, 4.69) is 9.82 Å². The Morgan fingerprint density at radius 2 is 2.00 bits per heavy atom. The van der Waals surface area contributed by atoms with Crippen LogP contribution in [0.15, 0.2) is 46.8 Å². The van der Waals surface area contributed by atoms with Crippen molar-refractivity contribution in [3.8, 4) is 22.1 Å². The Morgan fingerprint density at radius 3 is 2.76 bits per heavy atom. The number of benzene rings is 1. The number of hydrogen-bond acceptors (Lipinski definition) is 6. The van der Waals surface area contributed by atoms with Crippen LogP contribution in [0.25, 0.3) is 10.6 Å². The first kappa shape index (κ1) is 16.0. The number of anilines is 1. The van der Waals surface area contributed by atoms with E-state index in [1.54, 1.807) is 25.2 Å². The number of nitrogens with one attached hydrogen (secondary N) is 1. The molecule has 0 saturated heterocycles. The van der Waals surface area contributed by atoms with Crippen LogP contribution in [-0.2, 0) is 17.1 Å². The van der Waals surface area contributed by atoms with Crippen molar-refractivity contribution >= 4 is 27.0 Å². The van der Waals surface area contributed by atoms with Crippen LogP contribution in [0.4, 0.5) is 5.69 Å². The first-order valence-corrected chi connectivity index (χ1v) is 9.89. The molecule has 3 aromatic rings. The van der Waals surface area contributed by atoms with Crippen LogP contribution in [0.3, 0.4) is 0 Å². The van der Waals surface area contributed by atoms with Gasteiger partial charge >= 0.3 is 0 Å². The molecule has 1 aliphatic rings. The average Bonchev–Trinajstić information content (AvgIpc) is 3.23. The van der Waals surface area contributed by atoms with E-state index in [4.69, 9.17) is 9.47 Å². The Bertz CT molecular complexity index is 1010. The van der Waals surface area contributed by atoms with Crippen LogP contribution in [0.2, 0.25) is 0 Å². The Kier molecular flexibility index (Phi) is 3.89. The molecule has 3 heterocycles. The van der Waals surface area contributed by atoms with Gasteiger partial charge in [0.15, 0.2) is 11.5 Å². The third-order valence-electron chi connectivity index (χ3n) is 3.63. The molecule has 4 rings (SSSR count). The molecule has 25 heavy (non-hydrogen) atoms. The van der Waals surface area contributed by atoms with Gasteiger partial charge in [-0.15, -0.1) is 11.3 Å². The Balaban J connectivity index is 1.69. The van der Waals surface area contributed by atoms with E-state index in [0.717, 1.165) is 4.88 Å². The molecule has 9 heteroatoms. The third kappa shape index (κ3) is 3.08. The quantitative estimate of drug-likeness (QED) is 0.756. The van der Waals surface area contributed by atoms with Crippen LogP contribution in [0.1, 0.15) is 0 Å². The molecule has 0 amide bonds. The summed E-state index contributed by atoms with van der Waals surface area (Å²) in [7, 11) is -2.10. The first-order valence-electron chi connectivity index (χ1n) is 7.53. The summed E-state index contributed by atoms with van der Waals surface area (Å²) >= 11 is 1.44. The molecule has 2 aromatic heterocycles. The molecule has 1 aromatic carbocycles. The van der Waals surface area contributed by atoms with E-state index in [9.17, 15) is 8.42 Å². The van der Waals surface area contributed by atoms with Gasteiger partial charge in [-0.25, -0.2) is 8.42 Å². The van der Waals surface area contributed by atoms with Gasteiger partial charge in [0.1, 0.15) is 23.8 Å². The van der Waals surface area contributed by atoms with Gasteiger partial charge in [0.2, 0.25) is 0 Å². The lowest BCUT2D eigenvalue weighted by Crippen LogP contribution is -2.16. The van der Waals surface area contributed by atoms with E-state index < -0.39 is 10.0 Å². The predicted molar refractivity (Wildman–Crippen MR) is 94.8 cm³/mol. The minimum atomic E-state index is -3.80. The monoisotopic (exact) mass is 377 g/mol. The van der Waals surface area contributed by atoms with E-state index in [0.29, 0.717) is 36.1 Å². The normalized spacial score (nSPS) is 13.6. The molecule has 0 atom stereocenters. The fourth-order valence-corrected chi connectivity index (χ4v) is 4.60. The maximum Gasteiger partial charge on any atom is 0.265 e. The highest BCUT2D eigenvalue weighted by Crippen LogP contribution is 2.34. The zero-order chi connectivity index (χ0) is 17.4. The molecule has 0 fully saturated rings. The lowest BCUT2D eigenvalue weighted by atomic mass is 10.3. The van der Waals surface area contributed by atoms with Crippen LogP contribution in [0, 0.1) is 0 Å². The Morgan fingerprint density at radius 1 is 1.20 bits per heavy atom. The van der Waals surface area contributed by atoms with Crippen LogP contribution < -0.4 is 14.2 Å². The molecule has 0 saturated carbocycles. The van der Waals surface area contributed by atoms with E-state index in [1.807, 2.05) is 17.5 Å².